The van der Waals surface area contributed by atoms with Gasteiger partial charge in [0.1, 0.15) is 5.69 Å². The van der Waals surface area contributed by atoms with Crippen LogP contribution in [0.4, 0.5) is 11.4 Å². The van der Waals surface area contributed by atoms with Gasteiger partial charge in [-0.15, -0.1) is 6.42 Å². The van der Waals surface area contributed by atoms with E-state index in [0.29, 0.717) is 10.5 Å². The largest absolute Gasteiger partial charge is 0.366 e. The van der Waals surface area contributed by atoms with Crippen molar-refractivity contribution in [2.45, 2.75) is 32.7 Å². The van der Waals surface area contributed by atoms with Gasteiger partial charge in [-0.05, 0) is 56.0 Å². The van der Waals surface area contributed by atoms with E-state index in [2.05, 4.69) is 10.9 Å². The third-order valence-electron chi connectivity index (χ3n) is 5.40. The van der Waals surface area contributed by atoms with Gasteiger partial charge >= 0.3 is 0 Å². The summed E-state index contributed by atoms with van der Waals surface area (Å²) in [6.45, 7) is 3.84. The Labute approximate surface area is 183 Å². The molecular formula is C23H22N4O3S. The number of hydrogen-bond acceptors (Lipinski definition) is 5. The fraction of sp³-hybridized carbons (Fsp3) is 0.304. The number of nitrogens with zero attached hydrogens (tertiary/aromatic N) is 4. The van der Waals surface area contributed by atoms with Crippen LogP contribution in [-0.2, 0) is 6.54 Å². The van der Waals surface area contributed by atoms with E-state index < -0.39 is 10.8 Å². The Kier molecular flexibility index (Phi) is 5.87. The standard InChI is InChI=1S/C23H22N4O3S/c1-3-11-26-19-9-7-16(2)14-21(19)31-23(26)24-22(28)17-8-10-18(20(15-17)27(29)30)25-12-5-4-6-13-25/h1,7-10,14-15H,4-6,11-13H2,2H3. The predicted octanol–water partition coefficient (Wildman–Crippen LogP) is 4.28. The molecule has 0 aliphatic carbocycles. The van der Waals surface area contributed by atoms with Crippen LogP contribution in [0.1, 0.15) is 35.2 Å². The van der Waals surface area contributed by atoms with Gasteiger partial charge in [0.05, 0.1) is 21.7 Å². The Morgan fingerprint density at radius 1 is 1.23 bits per heavy atom. The summed E-state index contributed by atoms with van der Waals surface area (Å²) < 4.78 is 2.79. The lowest BCUT2D eigenvalue weighted by atomic mass is 10.1. The number of carbonyl (C=O) groups is 1. The van der Waals surface area contributed by atoms with Crippen LogP contribution in [0.5, 0.6) is 0 Å². The number of aromatic nitrogens is 1. The first-order valence-corrected chi connectivity index (χ1v) is 11.0. The number of piperidine rings is 1. The van der Waals surface area contributed by atoms with Crippen molar-refractivity contribution in [1.29, 1.82) is 0 Å². The van der Waals surface area contributed by atoms with Crippen molar-refractivity contribution in [3.63, 3.8) is 0 Å². The average Bonchev–Trinajstić information content (AvgIpc) is 3.10. The molecule has 0 unspecified atom stereocenters. The smallest absolute Gasteiger partial charge is 0.293 e. The number of terminal acetylenes is 1. The van der Waals surface area contributed by atoms with E-state index >= 15 is 0 Å². The number of benzene rings is 2. The molecule has 31 heavy (non-hydrogen) atoms. The summed E-state index contributed by atoms with van der Waals surface area (Å²) in [7, 11) is 0. The Balaban J connectivity index is 1.75. The molecule has 2 aromatic carbocycles. The molecule has 1 amide bonds. The van der Waals surface area contributed by atoms with Gasteiger partial charge in [-0.25, -0.2) is 0 Å². The summed E-state index contributed by atoms with van der Waals surface area (Å²) in [4.78, 5) is 30.9. The van der Waals surface area contributed by atoms with Gasteiger partial charge < -0.3 is 9.47 Å². The first-order chi connectivity index (χ1) is 15.0. The van der Waals surface area contributed by atoms with Gasteiger partial charge in [0.2, 0.25) is 0 Å². The number of amides is 1. The second-order valence-electron chi connectivity index (χ2n) is 7.57. The number of thiazole rings is 1. The minimum Gasteiger partial charge on any atom is -0.366 e. The maximum absolute atomic E-state index is 12.9. The van der Waals surface area contributed by atoms with Crippen molar-refractivity contribution < 1.29 is 9.72 Å². The molecule has 7 nitrogen and oxygen atoms in total. The summed E-state index contributed by atoms with van der Waals surface area (Å²) in [5, 5.41) is 11.7. The number of nitro benzene ring substituents is 1. The van der Waals surface area contributed by atoms with E-state index in [1.807, 2.05) is 34.6 Å². The zero-order valence-electron chi connectivity index (χ0n) is 17.2. The third kappa shape index (κ3) is 4.23. The molecule has 3 aromatic rings. The van der Waals surface area contributed by atoms with Crippen LogP contribution in [0.25, 0.3) is 10.2 Å². The van der Waals surface area contributed by atoms with Gasteiger partial charge in [-0.1, -0.05) is 23.3 Å². The fourth-order valence-corrected chi connectivity index (χ4v) is 4.99. The summed E-state index contributed by atoms with van der Waals surface area (Å²) >= 11 is 1.38. The normalized spacial score (nSPS) is 14.6. The van der Waals surface area contributed by atoms with E-state index in [9.17, 15) is 14.9 Å². The Bertz CT molecular complexity index is 1280. The molecule has 1 fully saturated rings. The number of hydrogen-bond donors (Lipinski definition) is 0. The van der Waals surface area contributed by atoms with E-state index in [1.54, 1.807) is 12.1 Å². The lowest BCUT2D eigenvalue weighted by Gasteiger charge is -2.28. The Hall–Kier alpha value is -3.44. The van der Waals surface area contributed by atoms with Crippen molar-refractivity contribution in [3.05, 3.63) is 62.4 Å². The van der Waals surface area contributed by atoms with E-state index in [1.165, 1.54) is 17.4 Å². The quantitative estimate of drug-likeness (QED) is 0.349. The molecule has 158 valence electrons. The van der Waals surface area contributed by atoms with Gasteiger partial charge in [0.25, 0.3) is 11.6 Å². The number of aryl methyl sites for hydroxylation is 1. The van der Waals surface area contributed by atoms with Crippen LogP contribution in [-0.4, -0.2) is 28.5 Å². The molecule has 0 atom stereocenters. The van der Waals surface area contributed by atoms with Crippen molar-refractivity contribution in [1.82, 2.24) is 4.57 Å². The monoisotopic (exact) mass is 434 g/mol. The van der Waals surface area contributed by atoms with Crippen LogP contribution >= 0.6 is 11.3 Å². The van der Waals surface area contributed by atoms with E-state index in [0.717, 1.165) is 48.1 Å². The Morgan fingerprint density at radius 3 is 2.71 bits per heavy atom. The SMILES string of the molecule is C#CCn1c(=NC(=O)c2ccc(N3CCCCC3)c([N+](=O)[O-])c2)sc2cc(C)ccc21. The van der Waals surface area contributed by atoms with Crippen molar-refractivity contribution in [2.24, 2.45) is 4.99 Å². The summed E-state index contributed by atoms with van der Waals surface area (Å²) in [6.07, 6.45) is 8.67. The van der Waals surface area contributed by atoms with Crippen LogP contribution < -0.4 is 9.70 Å². The van der Waals surface area contributed by atoms with Gasteiger partial charge in [-0.3, -0.25) is 14.9 Å². The number of nitro groups is 1. The molecule has 8 heteroatoms. The molecule has 1 aliphatic rings. The lowest BCUT2D eigenvalue weighted by molar-refractivity contribution is -0.384. The zero-order chi connectivity index (χ0) is 22.0. The van der Waals surface area contributed by atoms with Crippen molar-refractivity contribution in [2.75, 3.05) is 18.0 Å². The second kappa shape index (κ2) is 8.74. The van der Waals surface area contributed by atoms with Crippen molar-refractivity contribution in [3.8, 4) is 12.3 Å². The maximum atomic E-state index is 12.9. The molecule has 0 spiro atoms. The molecule has 4 rings (SSSR count). The van der Waals surface area contributed by atoms with Crippen LogP contribution in [0.15, 0.2) is 41.4 Å². The van der Waals surface area contributed by atoms with Crippen molar-refractivity contribution >= 4 is 38.8 Å². The predicted molar refractivity (Wildman–Crippen MR) is 122 cm³/mol. The first-order valence-electron chi connectivity index (χ1n) is 10.1. The number of anilines is 1. The van der Waals surface area contributed by atoms with E-state index in [-0.39, 0.29) is 17.8 Å². The molecule has 0 N–H and O–H groups in total. The number of carbonyl (C=O) groups excluding carboxylic acids is 1. The molecule has 1 saturated heterocycles. The van der Waals surface area contributed by atoms with Gasteiger partial charge in [0.15, 0.2) is 4.80 Å². The highest BCUT2D eigenvalue weighted by molar-refractivity contribution is 7.16. The minimum absolute atomic E-state index is 0.0635. The van der Waals surface area contributed by atoms with Gasteiger partial charge in [-0.2, -0.15) is 4.99 Å². The summed E-state index contributed by atoms with van der Waals surface area (Å²) in [6, 6.07) is 10.6. The zero-order valence-corrected chi connectivity index (χ0v) is 18.0. The number of rotatable bonds is 4. The topological polar surface area (TPSA) is 80.7 Å². The first kappa shape index (κ1) is 20.8. The highest BCUT2D eigenvalue weighted by atomic mass is 32.1. The average molecular weight is 435 g/mol. The van der Waals surface area contributed by atoms with Gasteiger partial charge in [0, 0.05) is 24.7 Å². The molecule has 0 saturated carbocycles. The summed E-state index contributed by atoms with van der Waals surface area (Å²) in [5.41, 5.74) is 2.69. The Morgan fingerprint density at radius 2 is 2.00 bits per heavy atom. The minimum atomic E-state index is -0.526. The highest BCUT2D eigenvalue weighted by Crippen LogP contribution is 2.31. The molecule has 1 aromatic heterocycles. The molecule has 0 radical (unpaired) electrons. The molecular weight excluding hydrogens is 412 g/mol. The lowest BCUT2D eigenvalue weighted by Crippen LogP contribution is -2.30. The van der Waals surface area contributed by atoms with Crippen LogP contribution in [0, 0.1) is 29.4 Å². The van der Waals surface area contributed by atoms with Crippen LogP contribution in [0.2, 0.25) is 0 Å². The van der Waals surface area contributed by atoms with E-state index in [4.69, 9.17) is 6.42 Å². The second-order valence-corrected chi connectivity index (χ2v) is 8.58. The highest BCUT2D eigenvalue weighted by Gasteiger charge is 2.23. The molecule has 1 aliphatic heterocycles. The van der Waals surface area contributed by atoms with Crippen LogP contribution in [0.3, 0.4) is 0 Å². The third-order valence-corrected chi connectivity index (χ3v) is 6.44. The maximum Gasteiger partial charge on any atom is 0.293 e. The fourth-order valence-electron chi connectivity index (χ4n) is 3.87. The number of fused-ring (bicyclic) bond motifs is 1. The molecule has 2 heterocycles. The molecule has 0 bridgehead atoms. The summed E-state index contributed by atoms with van der Waals surface area (Å²) in [5.74, 6) is 2.08.